The molecule has 26 heavy (non-hydrogen) atoms. The van der Waals surface area contributed by atoms with E-state index in [1.807, 2.05) is 24.3 Å². The molecule has 0 saturated heterocycles. The summed E-state index contributed by atoms with van der Waals surface area (Å²) in [5.74, 6) is -0.275. The highest BCUT2D eigenvalue weighted by Gasteiger charge is 2.06. The minimum atomic E-state index is -0.150. The van der Waals surface area contributed by atoms with Crippen LogP contribution in [0, 0.1) is 0 Å². The molecule has 138 valence electrons. The Labute approximate surface area is 161 Å². The summed E-state index contributed by atoms with van der Waals surface area (Å²) >= 11 is 3.36. The number of benzene rings is 2. The van der Waals surface area contributed by atoms with Gasteiger partial charge in [-0.05, 0) is 48.9 Å². The molecule has 0 aliphatic carbocycles. The van der Waals surface area contributed by atoms with Gasteiger partial charge in [-0.1, -0.05) is 22.0 Å². The van der Waals surface area contributed by atoms with Crippen LogP contribution in [0.5, 0.6) is 0 Å². The Hall–Kier alpha value is -2.38. The summed E-state index contributed by atoms with van der Waals surface area (Å²) in [4.78, 5) is 24.0. The predicted octanol–water partition coefficient (Wildman–Crippen LogP) is 3.27. The SMILES string of the molecule is COCCCNC(=O)c1ccc(NCC(=O)Nc2cccc(Br)c2)cc1. The average molecular weight is 420 g/mol. The molecule has 2 amide bonds. The van der Waals surface area contributed by atoms with Gasteiger partial charge in [-0.15, -0.1) is 0 Å². The monoisotopic (exact) mass is 419 g/mol. The highest BCUT2D eigenvalue weighted by Crippen LogP contribution is 2.15. The molecule has 0 heterocycles. The lowest BCUT2D eigenvalue weighted by molar-refractivity contribution is -0.114. The van der Waals surface area contributed by atoms with E-state index in [9.17, 15) is 9.59 Å². The quantitative estimate of drug-likeness (QED) is 0.544. The summed E-state index contributed by atoms with van der Waals surface area (Å²) in [5.41, 5.74) is 2.07. The highest BCUT2D eigenvalue weighted by molar-refractivity contribution is 9.10. The van der Waals surface area contributed by atoms with Crippen LogP contribution in [0.1, 0.15) is 16.8 Å². The van der Waals surface area contributed by atoms with Crippen LogP contribution in [-0.4, -0.2) is 38.6 Å². The van der Waals surface area contributed by atoms with Gasteiger partial charge in [0.05, 0.1) is 6.54 Å². The van der Waals surface area contributed by atoms with Gasteiger partial charge in [0, 0.05) is 41.7 Å². The van der Waals surface area contributed by atoms with Gasteiger partial charge in [0.15, 0.2) is 0 Å². The van der Waals surface area contributed by atoms with Gasteiger partial charge in [-0.3, -0.25) is 9.59 Å². The second-order valence-corrected chi connectivity index (χ2v) is 6.51. The van der Waals surface area contributed by atoms with Crippen molar-refractivity contribution >= 4 is 39.1 Å². The third-order valence-electron chi connectivity index (χ3n) is 3.52. The number of rotatable bonds is 9. The number of anilines is 2. The van der Waals surface area contributed by atoms with Crippen LogP contribution in [0.3, 0.4) is 0 Å². The number of nitrogens with one attached hydrogen (secondary N) is 3. The zero-order chi connectivity index (χ0) is 18.8. The summed E-state index contributed by atoms with van der Waals surface area (Å²) in [5, 5.41) is 8.67. The van der Waals surface area contributed by atoms with E-state index in [-0.39, 0.29) is 18.4 Å². The van der Waals surface area contributed by atoms with E-state index in [0.717, 1.165) is 22.3 Å². The van der Waals surface area contributed by atoms with Crippen molar-refractivity contribution in [2.24, 2.45) is 0 Å². The van der Waals surface area contributed by atoms with Crippen molar-refractivity contribution < 1.29 is 14.3 Å². The van der Waals surface area contributed by atoms with E-state index in [0.29, 0.717) is 18.7 Å². The van der Waals surface area contributed by atoms with Crippen molar-refractivity contribution in [3.63, 3.8) is 0 Å². The average Bonchev–Trinajstić information content (AvgIpc) is 2.64. The second-order valence-electron chi connectivity index (χ2n) is 5.59. The molecular formula is C19H22BrN3O3. The van der Waals surface area contributed by atoms with Gasteiger partial charge in [0.1, 0.15) is 0 Å². The third-order valence-corrected chi connectivity index (χ3v) is 4.01. The fraction of sp³-hybridized carbons (Fsp3) is 0.263. The smallest absolute Gasteiger partial charge is 0.251 e. The number of ether oxygens (including phenoxy) is 1. The van der Waals surface area contributed by atoms with Crippen molar-refractivity contribution in [1.29, 1.82) is 0 Å². The Kier molecular flexibility index (Phi) is 8.11. The molecule has 6 nitrogen and oxygen atoms in total. The molecular weight excluding hydrogens is 398 g/mol. The summed E-state index contributed by atoms with van der Waals surface area (Å²) in [6.45, 7) is 1.32. The van der Waals surface area contributed by atoms with Crippen LogP contribution in [0.2, 0.25) is 0 Å². The topological polar surface area (TPSA) is 79.5 Å². The van der Waals surface area contributed by atoms with E-state index in [1.165, 1.54) is 0 Å². The molecule has 0 spiro atoms. The molecule has 0 radical (unpaired) electrons. The normalized spacial score (nSPS) is 10.2. The van der Waals surface area contributed by atoms with Crippen molar-refractivity contribution in [1.82, 2.24) is 5.32 Å². The van der Waals surface area contributed by atoms with Crippen LogP contribution < -0.4 is 16.0 Å². The highest BCUT2D eigenvalue weighted by atomic mass is 79.9. The van der Waals surface area contributed by atoms with Gasteiger partial charge < -0.3 is 20.7 Å². The molecule has 2 aromatic rings. The molecule has 7 heteroatoms. The third kappa shape index (κ3) is 6.85. The summed E-state index contributed by atoms with van der Waals surface area (Å²) in [7, 11) is 1.63. The lowest BCUT2D eigenvalue weighted by Gasteiger charge is -2.09. The lowest BCUT2D eigenvalue weighted by Crippen LogP contribution is -2.25. The number of hydrogen-bond donors (Lipinski definition) is 3. The minimum absolute atomic E-state index is 0.125. The number of carbonyl (C=O) groups excluding carboxylic acids is 2. The van der Waals surface area contributed by atoms with Crippen molar-refractivity contribution in [2.45, 2.75) is 6.42 Å². The van der Waals surface area contributed by atoms with Crippen LogP contribution in [0.4, 0.5) is 11.4 Å². The van der Waals surface area contributed by atoms with E-state index in [1.54, 1.807) is 31.4 Å². The van der Waals surface area contributed by atoms with E-state index >= 15 is 0 Å². The standard InChI is InChI=1S/C19H22BrN3O3/c1-26-11-3-10-21-19(25)14-6-8-16(9-7-14)22-13-18(24)23-17-5-2-4-15(20)12-17/h2,4-9,12,22H,3,10-11,13H2,1H3,(H,21,25)(H,23,24). The summed E-state index contributed by atoms with van der Waals surface area (Å²) < 4.78 is 5.84. The Morgan fingerprint density at radius 2 is 1.85 bits per heavy atom. The molecule has 0 fully saturated rings. The fourth-order valence-corrected chi connectivity index (χ4v) is 2.61. The molecule has 0 aliphatic heterocycles. The minimum Gasteiger partial charge on any atom is -0.385 e. The number of carbonyl (C=O) groups is 2. The maximum atomic E-state index is 12.0. The van der Waals surface area contributed by atoms with Crippen molar-refractivity contribution in [3.8, 4) is 0 Å². The molecule has 0 bridgehead atoms. The zero-order valence-corrected chi connectivity index (χ0v) is 16.1. The zero-order valence-electron chi connectivity index (χ0n) is 14.5. The Morgan fingerprint density at radius 3 is 2.54 bits per heavy atom. The predicted molar refractivity (Wildman–Crippen MR) is 107 cm³/mol. The maximum absolute atomic E-state index is 12.0. The van der Waals surface area contributed by atoms with E-state index in [2.05, 4.69) is 31.9 Å². The fourth-order valence-electron chi connectivity index (χ4n) is 2.21. The lowest BCUT2D eigenvalue weighted by atomic mass is 10.2. The van der Waals surface area contributed by atoms with Crippen LogP contribution in [0.15, 0.2) is 53.0 Å². The Bertz CT molecular complexity index is 735. The molecule has 0 aromatic heterocycles. The molecule has 0 atom stereocenters. The van der Waals surface area contributed by atoms with Crippen molar-refractivity contribution in [3.05, 3.63) is 58.6 Å². The first-order valence-electron chi connectivity index (χ1n) is 8.25. The number of methoxy groups -OCH3 is 1. The molecule has 0 saturated carbocycles. The molecule has 2 aromatic carbocycles. The van der Waals surface area contributed by atoms with Gasteiger partial charge in [0.2, 0.25) is 5.91 Å². The molecule has 3 N–H and O–H groups in total. The second kappa shape index (κ2) is 10.6. The van der Waals surface area contributed by atoms with Crippen LogP contribution in [0.25, 0.3) is 0 Å². The van der Waals surface area contributed by atoms with Gasteiger partial charge in [-0.2, -0.15) is 0 Å². The van der Waals surface area contributed by atoms with Gasteiger partial charge in [0.25, 0.3) is 5.91 Å². The first-order chi connectivity index (χ1) is 12.6. The van der Waals surface area contributed by atoms with Crippen LogP contribution >= 0.6 is 15.9 Å². The number of hydrogen-bond acceptors (Lipinski definition) is 4. The first-order valence-corrected chi connectivity index (χ1v) is 9.04. The first kappa shape index (κ1) is 19.9. The van der Waals surface area contributed by atoms with E-state index < -0.39 is 0 Å². The largest absolute Gasteiger partial charge is 0.385 e. The maximum Gasteiger partial charge on any atom is 0.251 e. The number of halogens is 1. The van der Waals surface area contributed by atoms with Gasteiger partial charge in [-0.25, -0.2) is 0 Å². The number of amides is 2. The summed E-state index contributed by atoms with van der Waals surface area (Å²) in [6.07, 6.45) is 0.773. The van der Waals surface area contributed by atoms with E-state index in [4.69, 9.17) is 4.74 Å². The van der Waals surface area contributed by atoms with Gasteiger partial charge >= 0.3 is 0 Å². The molecule has 0 unspecified atom stereocenters. The molecule has 0 aliphatic rings. The Balaban J connectivity index is 1.77. The van der Waals surface area contributed by atoms with Crippen molar-refractivity contribution in [2.75, 3.05) is 37.4 Å². The molecule has 2 rings (SSSR count). The summed E-state index contributed by atoms with van der Waals surface area (Å²) in [6, 6.07) is 14.4. The Morgan fingerprint density at radius 1 is 1.08 bits per heavy atom. The van der Waals surface area contributed by atoms with Crippen LogP contribution in [-0.2, 0) is 9.53 Å².